The molecule has 0 aromatic heterocycles. The summed E-state index contributed by atoms with van der Waals surface area (Å²) in [6, 6.07) is 9.70. The second-order valence-corrected chi connectivity index (χ2v) is 9.93. The lowest BCUT2D eigenvalue weighted by molar-refractivity contribution is -0.141. The van der Waals surface area contributed by atoms with Crippen molar-refractivity contribution in [2.45, 2.75) is 45.7 Å². The molecular weight excluding hydrogens is 464 g/mol. The van der Waals surface area contributed by atoms with Crippen LogP contribution in [0.5, 0.6) is 0 Å². The van der Waals surface area contributed by atoms with E-state index in [0.717, 1.165) is 33.8 Å². The Balaban J connectivity index is 2.21. The van der Waals surface area contributed by atoms with Crippen molar-refractivity contribution in [1.29, 1.82) is 0 Å². The van der Waals surface area contributed by atoms with Gasteiger partial charge in [-0.25, -0.2) is 17.2 Å². The molecule has 0 fully saturated rings. The first-order chi connectivity index (χ1) is 16.0. The normalized spacial score (nSPS) is 12.2. The van der Waals surface area contributed by atoms with E-state index in [4.69, 9.17) is 0 Å². The van der Waals surface area contributed by atoms with Gasteiger partial charge in [-0.2, -0.15) is 0 Å². The van der Waals surface area contributed by atoms with Gasteiger partial charge in [-0.05, 0) is 43.0 Å². The highest BCUT2D eigenvalue weighted by Crippen LogP contribution is 2.22. The Hall–Kier alpha value is -3.01. The van der Waals surface area contributed by atoms with Crippen LogP contribution < -0.4 is 9.62 Å². The van der Waals surface area contributed by atoms with Gasteiger partial charge in [0.1, 0.15) is 6.04 Å². The molecule has 2 rings (SSSR count). The van der Waals surface area contributed by atoms with Crippen molar-refractivity contribution in [2.75, 3.05) is 24.2 Å². The molecule has 10 heteroatoms. The lowest BCUT2D eigenvalue weighted by Crippen LogP contribution is -2.48. The van der Waals surface area contributed by atoms with Gasteiger partial charge in [0.05, 0.1) is 11.9 Å². The minimum absolute atomic E-state index is 0.0255. The van der Waals surface area contributed by atoms with Gasteiger partial charge in [-0.3, -0.25) is 13.9 Å². The fraction of sp³-hybridized carbons (Fsp3) is 0.417. The van der Waals surface area contributed by atoms with Gasteiger partial charge < -0.3 is 10.2 Å². The average Bonchev–Trinajstić information content (AvgIpc) is 2.78. The maximum absolute atomic E-state index is 13.7. The monoisotopic (exact) mass is 495 g/mol. The molecule has 2 aromatic carbocycles. The highest BCUT2D eigenvalue weighted by Gasteiger charge is 2.28. The second kappa shape index (κ2) is 11.9. The quantitative estimate of drug-likeness (QED) is 0.518. The van der Waals surface area contributed by atoms with Gasteiger partial charge in [0, 0.05) is 32.6 Å². The second-order valence-electron chi connectivity index (χ2n) is 8.02. The fourth-order valence-corrected chi connectivity index (χ4v) is 4.66. The van der Waals surface area contributed by atoms with Crippen molar-refractivity contribution in [1.82, 2.24) is 10.2 Å². The van der Waals surface area contributed by atoms with E-state index in [-0.39, 0.29) is 43.4 Å². The first-order valence-electron chi connectivity index (χ1n) is 11.0. The molecule has 2 aromatic rings. The molecule has 1 N–H and O–H groups in total. The Kier molecular flexibility index (Phi) is 9.55. The molecular formula is C24H31F2N3O4S. The van der Waals surface area contributed by atoms with Crippen LogP contribution in [0.1, 0.15) is 37.3 Å². The molecule has 0 aliphatic rings. The molecule has 0 unspecified atom stereocenters. The van der Waals surface area contributed by atoms with E-state index in [1.54, 1.807) is 0 Å². The van der Waals surface area contributed by atoms with Gasteiger partial charge in [0.15, 0.2) is 11.6 Å². The van der Waals surface area contributed by atoms with E-state index in [2.05, 4.69) is 5.32 Å². The number of hydrogen-bond acceptors (Lipinski definition) is 4. The minimum Gasteiger partial charge on any atom is -0.357 e. The summed E-state index contributed by atoms with van der Waals surface area (Å²) >= 11 is 0. The van der Waals surface area contributed by atoms with E-state index in [1.165, 1.54) is 18.0 Å². The summed E-state index contributed by atoms with van der Waals surface area (Å²) in [5.41, 5.74) is 1.86. The molecule has 2 amide bonds. The van der Waals surface area contributed by atoms with Crippen molar-refractivity contribution >= 4 is 27.5 Å². The Morgan fingerprint density at radius 1 is 1.09 bits per heavy atom. The number of carbonyl (C=O) groups is 2. The van der Waals surface area contributed by atoms with E-state index < -0.39 is 27.7 Å². The summed E-state index contributed by atoms with van der Waals surface area (Å²) in [4.78, 5) is 27.2. The summed E-state index contributed by atoms with van der Waals surface area (Å²) in [5, 5.41) is 2.59. The molecule has 7 nitrogen and oxygen atoms in total. The molecule has 1 atom stereocenters. The zero-order chi connectivity index (χ0) is 25.5. The average molecular weight is 496 g/mol. The molecule has 34 heavy (non-hydrogen) atoms. The Bertz CT molecular complexity index is 1120. The molecule has 0 aliphatic carbocycles. The maximum Gasteiger partial charge on any atom is 0.242 e. The van der Waals surface area contributed by atoms with Crippen LogP contribution in [-0.2, 0) is 26.2 Å². The number of benzene rings is 2. The number of carbonyl (C=O) groups excluding carboxylic acids is 2. The van der Waals surface area contributed by atoms with Crippen LogP contribution in [-0.4, -0.2) is 51.0 Å². The number of halogens is 2. The Labute approximate surface area is 199 Å². The Morgan fingerprint density at radius 2 is 1.76 bits per heavy atom. The van der Waals surface area contributed by atoms with Crippen molar-refractivity contribution in [2.24, 2.45) is 0 Å². The standard InChI is InChI=1S/C24H31F2N3O4S/c1-5-22(24(31)27-3)28(16-18-10-7-6-9-17(18)2)23(30)11-8-14-29(34(4,32)33)19-12-13-20(25)21(26)15-19/h6-7,9-10,12-13,15,22H,5,8,11,14,16H2,1-4H3,(H,27,31)/t22-/m1/s1. The van der Waals surface area contributed by atoms with Crippen molar-refractivity contribution in [3.63, 3.8) is 0 Å². The third-order valence-corrected chi connectivity index (χ3v) is 6.77. The van der Waals surface area contributed by atoms with Gasteiger partial charge in [0.2, 0.25) is 21.8 Å². The number of amides is 2. The van der Waals surface area contributed by atoms with Crippen LogP contribution in [0.25, 0.3) is 0 Å². The molecule has 0 heterocycles. The number of sulfonamides is 1. The first-order valence-corrected chi connectivity index (χ1v) is 12.8. The predicted molar refractivity (Wildman–Crippen MR) is 128 cm³/mol. The summed E-state index contributed by atoms with van der Waals surface area (Å²) in [6.07, 6.45) is 1.45. The zero-order valence-corrected chi connectivity index (χ0v) is 20.7. The number of nitrogens with one attached hydrogen (secondary N) is 1. The van der Waals surface area contributed by atoms with Crippen molar-refractivity contribution < 1.29 is 26.8 Å². The number of anilines is 1. The molecule has 0 aliphatic heterocycles. The zero-order valence-electron chi connectivity index (χ0n) is 19.8. The maximum atomic E-state index is 13.7. The molecule has 186 valence electrons. The minimum atomic E-state index is -3.80. The molecule has 0 saturated heterocycles. The van der Waals surface area contributed by atoms with E-state index in [9.17, 15) is 26.8 Å². The van der Waals surface area contributed by atoms with Crippen LogP contribution >= 0.6 is 0 Å². The summed E-state index contributed by atoms with van der Waals surface area (Å²) in [6.45, 7) is 3.86. The van der Waals surface area contributed by atoms with Gasteiger partial charge >= 0.3 is 0 Å². The number of nitrogens with zero attached hydrogens (tertiary/aromatic N) is 2. The van der Waals surface area contributed by atoms with E-state index in [0.29, 0.717) is 6.42 Å². The largest absolute Gasteiger partial charge is 0.357 e. The molecule has 0 saturated carbocycles. The number of hydrogen-bond donors (Lipinski definition) is 1. The van der Waals surface area contributed by atoms with Gasteiger partial charge in [-0.15, -0.1) is 0 Å². The SMILES string of the molecule is CC[C@H](C(=O)NC)N(Cc1ccccc1C)C(=O)CCCN(c1ccc(F)c(F)c1)S(C)(=O)=O. The molecule has 0 spiro atoms. The van der Waals surface area contributed by atoms with Gasteiger partial charge in [-0.1, -0.05) is 31.2 Å². The van der Waals surface area contributed by atoms with Gasteiger partial charge in [0.25, 0.3) is 0 Å². The number of aryl methyl sites for hydroxylation is 1. The highest BCUT2D eigenvalue weighted by molar-refractivity contribution is 7.92. The highest BCUT2D eigenvalue weighted by atomic mass is 32.2. The van der Waals surface area contributed by atoms with Crippen LogP contribution in [0.3, 0.4) is 0 Å². The van der Waals surface area contributed by atoms with Crippen molar-refractivity contribution in [3.05, 3.63) is 65.2 Å². The van der Waals surface area contributed by atoms with Crippen LogP contribution in [0.15, 0.2) is 42.5 Å². The molecule has 0 bridgehead atoms. The topological polar surface area (TPSA) is 86.8 Å². The van der Waals surface area contributed by atoms with Crippen molar-refractivity contribution in [3.8, 4) is 0 Å². The first kappa shape index (κ1) is 27.2. The third-order valence-electron chi connectivity index (χ3n) is 5.58. The molecule has 0 radical (unpaired) electrons. The van der Waals surface area contributed by atoms with E-state index in [1.807, 2.05) is 38.1 Å². The lowest BCUT2D eigenvalue weighted by Gasteiger charge is -2.31. The third kappa shape index (κ3) is 6.99. The van der Waals surface area contributed by atoms with E-state index >= 15 is 0 Å². The lowest BCUT2D eigenvalue weighted by atomic mass is 10.1. The summed E-state index contributed by atoms with van der Waals surface area (Å²) in [5.74, 6) is -2.84. The van der Waals surface area contributed by atoms with Crippen LogP contribution in [0.4, 0.5) is 14.5 Å². The van der Waals surface area contributed by atoms with Crippen LogP contribution in [0.2, 0.25) is 0 Å². The fourth-order valence-electron chi connectivity index (χ4n) is 3.70. The number of likely N-dealkylation sites (N-methyl/N-ethyl adjacent to an activating group) is 1. The Morgan fingerprint density at radius 3 is 2.32 bits per heavy atom. The summed E-state index contributed by atoms with van der Waals surface area (Å²) in [7, 11) is -2.30. The predicted octanol–water partition coefficient (Wildman–Crippen LogP) is 3.37. The number of rotatable bonds is 11. The summed E-state index contributed by atoms with van der Waals surface area (Å²) < 4.78 is 52.4. The van der Waals surface area contributed by atoms with Crippen LogP contribution in [0, 0.1) is 18.6 Å². The smallest absolute Gasteiger partial charge is 0.242 e.